The van der Waals surface area contributed by atoms with Gasteiger partial charge in [0.1, 0.15) is 0 Å². The first kappa shape index (κ1) is 14.3. The van der Waals surface area contributed by atoms with Crippen LogP contribution in [-0.2, 0) is 9.59 Å². The molecular formula is C16H19NO3. The van der Waals surface area contributed by atoms with Gasteiger partial charge in [0.25, 0.3) is 0 Å². The number of carboxylic acid groups (broad SMARTS) is 1. The minimum Gasteiger partial charge on any atom is -0.481 e. The van der Waals surface area contributed by atoms with Gasteiger partial charge in [-0.25, -0.2) is 0 Å². The molecule has 0 saturated heterocycles. The van der Waals surface area contributed by atoms with Crippen LogP contribution in [0.1, 0.15) is 37.3 Å². The maximum Gasteiger partial charge on any atom is 0.305 e. The van der Waals surface area contributed by atoms with Gasteiger partial charge in [-0.15, -0.1) is 0 Å². The monoisotopic (exact) mass is 273 g/mol. The Morgan fingerprint density at radius 1 is 1.25 bits per heavy atom. The molecule has 2 N–H and O–H groups in total. The number of rotatable bonds is 5. The van der Waals surface area contributed by atoms with Gasteiger partial charge in [0.05, 0.1) is 12.5 Å². The predicted octanol–water partition coefficient (Wildman–Crippen LogP) is 2.67. The van der Waals surface area contributed by atoms with E-state index in [1.54, 1.807) is 0 Å². The van der Waals surface area contributed by atoms with Crippen molar-refractivity contribution in [1.29, 1.82) is 0 Å². The van der Waals surface area contributed by atoms with E-state index in [9.17, 15) is 9.59 Å². The fourth-order valence-electron chi connectivity index (χ4n) is 2.43. The molecule has 1 aliphatic carbocycles. The molecule has 0 heterocycles. The van der Waals surface area contributed by atoms with Crippen LogP contribution in [0.2, 0.25) is 0 Å². The lowest BCUT2D eigenvalue weighted by atomic mass is 9.92. The second-order valence-corrected chi connectivity index (χ2v) is 5.05. The number of allylic oxidation sites excluding steroid dienone is 2. The average molecular weight is 273 g/mol. The highest BCUT2D eigenvalue weighted by Crippen LogP contribution is 2.22. The first-order chi connectivity index (χ1) is 9.66. The van der Waals surface area contributed by atoms with Gasteiger partial charge in [-0.05, 0) is 24.8 Å². The van der Waals surface area contributed by atoms with Crippen molar-refractivity contribution in [1.82, 2.24) is 5.32 Å². The molecule has 0 spiro atoms. The van der Waals surface area contributed by atoms with E-state index in [4.69, 9.17) is 5.11 Å². The molecule has 106 valence electrons. The standard InChI is InChI=1S/C16H19NO3/c18-15(19)11-14(12-7-3-1-4-8-12)17-16(20)13-9-5-2-6-10-13/h1-5,7-8,13-14H,6,9-11H2,(H,17,20)(H,18,19)/t13-,14-/m1/s1. The third-order valence-corrected chi connectivity index (χ3v) is 3.54. The van der Waals surface area contributed by atoms with Crippen molar-refractivity contribution in [3.8, 4) is 0 Å². The summed E-state index contributed by atoms with van der Waals surface area (Å²) in [6.07, 6.45) is 6.47. The molecule has 0 unspecified atom stereocenters. The predicted molar refractivity (Wildman–Crippen MR) is 76.1 cm³/mol. The van der Waals surface area contributed by atoms with E-state index in [-0.39, 0.29) is 18.2 Å². The Morgan fingerprint density at radius 2 is 2.00 bits per heavy atom. The molecule has 1 aromatic carbocycles. The van der Waals surface area contributed by atoms with Gasteiger partial charge in [-0.3, -0.25) is 9.59 Å². The Kier molecular flexibility index (Phi) is 4.93. The van der Waals surface area contributed by atoms with Gasteiger partial charge in [-0.1, -0.05) is 42.5 Å². The van der Waals surface area contributed by atoms with Crippen molar-refractivity contribution in [2.24, 2.45) is 5.92 Å². The molecule has 1 aliphatic rings. The van der Waals surface area contributed by atoms with Gasteiger partial charge in [0, 0.05) is 5.92 Å². The van der Waals surface area contributed by atoms with Crippen LogP contribution in [0.4, 0.5) is 0 Å². The van der Waals surface area contributed by atoms with Crippen molar-refractivity contribution >= 4 is 11.9 Å². The summed E-state index contributed by atoms with van der Waals surface area (Å²) in [5, 5.41) is 11.9. The zero-order chi connectivity index (χ0) is 14.4. The normalized spacial score (nSPS) is 19.3. The van der Waals surface area contributed by atoms with Crippen LogP contribution in [0.15, 0.2) is 42.5 Å². The number of aliphatic carboxylic acids is 1. The Labute approximate surface area is 118 Å². The zero-order valence-corrected chi connectivity index (χ0v) is 11.3. The van der Waals surface area contributed by atoms with Crippen molar-refractivity contribution < 1.29 is 14.7 Å². The Hall–Kier alpha value is -2.10. The molecule has 2 atom stereocenters. The van der Waals surface area contributed by atoms with Gasteiger partial charge in [0.15, 0.2) is 0 Å². The minimum absolute atomic E-state index is 0.0417. The van der Waals surface area contributed by atoms with Crippen LogP contribution in [0, 0.1) is 5.92 Å². The van der Waals surface area contributed by atoms with Crippen LogP contribution < -0.4 is 5.32 Å². The van der Waals surface area contributed by atoms with E-state index >= 15 is 0 Å². The smallest absolute Gasteiger partial charge is 0.305 e. The van der Waals surface area contributed by atoms with Gasteiger partial charge < -0.3 is 10.4 Å². The number of hydrogen-bond acceptors (Lipinski definition) is 2. The van der Waals surface area contributed by atoms with Crippen LogP contribution in [-0.4, -0.2) is 17.0 Å². The molecule has 4 nitrogen and oxygen atoms in total. The molecule has 0 aliphatic heterocycles. The molecule has 0 bridgehead atoms. The van der Waals surface area contributed by atoms with E-state index in [0.29, 0.717) is 0 Å². The highest BCUT2D eigenvalue weighted by Gasteiger charge is 2.23. The lowest BCUT2D eigenvalue weighted by Crippen LogP contribution is -2.35. The van der Waals surface area contributed by atoms with Gasteiger partial charge in [0.2, 0.25) is 5.91 Å². The summed E-state index contributed by atoms with van der Waals surface area (Å²) in [6.45, 7) is 0. The molecule has 0 aromatic heterocycles. The summed E-state index contributed by atoms with van der Waals surface area (Å²) < 4.78 is 0. The minimum atomic E-state index is -0.914. The molecule has 0 radical (unpaired) electrons. The SMILES string of the molecule is O=C(O)C[C@@H](NC(=O)[C@@H]1CC=CCC1)c1ccccc1. The van der Waals surface area contributed by atoms with Crippen molar-refractivity contribution in [2.75, 3.05) is 0 Å². The van der Waals surface area contributed by atoms with Crippen LogP contribution in [0.3, 0.4) is 0 Å². The average Bonchev–Trinajstić information content (AvgIpc) is 2.48. The summed E-state index contributed by atoms with van der Waals surface area (Å²) in [4.78, 5) is 23.2. The van der Waals surface area contributed by atoms with Gasteiger partial charge >= 0.3 is 5.97 Å². The topological polar surface area (TPSA) is 66.4 Å². The molecule has 1 amide bonds. The number of amides is 1. The van der Waals surface area contributed by atoms with Crippen molar-refractivity contribution in [3.05, 3.63) is 48.0 Å². The van der Waals surface area contributed by atoms with E-state index in [2.05, 4.69) is 11.4 Å². The fourth-order valence-corrected chi connectivity index (χ4v) is 2.43. The number of hydrogen-bond donors (Lipinski definition) is 2. The first-order valence-corrected chi connectivity index (χ1v) is 6.89. The number of nitrogens with one attached hydrogen (secondary N) is 1. The number of benzene rings is 1. The highest BCUT2D eigenvalue weighted by molar-refractivity contribution is 5.80. The van der Waals surface area contributed by atoms with E-state index in [1.807, 2.05) is 36.4 Å². The van der Waals surface area contributed by atoms with E-state index in [1.165, 1.54) is 0 Å². The molecule has 0 saturated carbocycles. The molecule has 2 rings (SSSR count). The van der Waals surface area contributed by atoms with Crippen LogP contribution in [0.25, 0.3) is 0 Å². The lowest BCUT2D eigenvalue weighted by Gasteiger charge is -2.22. The van der Waals surface area contributed by atoms with Gasteiger partial charge in [-0.2, -0.15) is 0 Å². The second kappa shape index (κ2) is 6.89. The number of carbonyl (C=O) groups is 2. The summed E-state index contributed by atoms with van der Waals surface area (Å²) in [5.41, 5.74) is 0.828. The third-order valence-electron chi connectivity index (χ3n) is 3.54. The fraction of sp³-hybridized carbons (Fsp3) is 0.375. The van der Waals surface area contributed by atoms with Crippen LogP contribution >= 0.6 is 0 Å². The zero-order valence-electron chi connectivity index (χ0n) is 11.3. The quantitative estimate of drug-likeness (QED) is 0.810. The number of carbonyl (C=O) groups excluding carboxylic acids is 1. The summed E-state index contributed by atoms with van der Waals surface area (Å²) >= 11 is 0. The summed E-state index contributed by atoms with van der Waals surface area (Å²) in [7, 11) is 0. The Bertz CT molecular complexity index is 496. The maximum atomic E-state index is 12.2. The van der Waals surface area contributed by atoms with E-state index in [0.717, 1.165) is 24.8 Å². The number of carboxylic acids is 1. The molecule has 0 fully saturated rings. The van der Waals surface area contributed by atoms with Crippen molar-refractivity contribution in [3.63, 3.8) is 0 Å². The molecule has 20 heavy (non-hydrogen) atoms. The summed E-state index contributed by atoms with van der Waals surface area (Å²) in [5.74, 6) is -1.01. The first-order valence-electron chi connectivity index (χ1n) is 6.89. The Balaban J connectivity index is 2.05. The second-order valence-electron chi connectivity index (χ2n) is 5.05. The van der Waals surface area contributed by atoms with E-state index < -0.39 is 12.0 Å². The van der Waals surface area contributed by atoms with Crippen LogP contribution in [0.5, 0.6) is 0 Å². The summed E-state index contributed by atoms with van der Waals surface area (Å²) in [6, 6.07) is 8.78. The van der Waals surface area contributed by atoms with Crippen molar-refractivity contribution in [2.45, 2.75) is 31.7 Å². The molecular weight excluding hydrogens is 254 g/mol. The maximum absolute atomic E-state index is 12.2. The Morgan fingerprint density at radius 3 is 2.60 bits per heavy atom. The molecule has 1 aromatic rings. The third kappa shape index (κ3) is 3.95. The molecule has 4 heteroatoms. The largest absolute Gasteiger partial charge is 0.481 e. The lowest BCUT2D eigenvalue weighted by molar-refractivity contribution is -0.138. The highest BCUT2D eigenvalue weighted by atomic mass is 16.4.